The van der Waals surface area contributed by atoms with Crippen molar-refractivity contribution in [2.24, 2.45) is 0 Å². The fourth-order valence-corrected chi connectivity index (χ4v) is 2.30. The molecule has 3 nitrogen and oxygen atoms in total. The summed E-state index contributed by atoms with van der Waals surface area (Å²) in [5, 5.41) is 0.667. The Labute approximate surface area is 124 Å². The maximum atomic E-state index is 11.8. The monoisotopic (exact) mass is 374 g/mol. The highest BCUT2D eigenvalue weighted by Gasteiger charge is 2.09. The van der Waals surface area contributed by atoms with E-state index in [1.54, 1.807) is 12.1 Å². The first kappa shape index (κ1) is 13.5. The van der Waals surface area contributed by atoms with Crippen LogP contribution in [-0.2, 0) is 6.42 Å². The van der Waals surface area contributed by atoms with Crippen LogP contribution in [0.4, 0.5) is 0 Å². The summed E-state index contributed by atoms with van der Waals surface area (Å²) in [4.78, 5) is 19.2. The largest absolute Gasteiger partial charge is 0.306 e. The third-order valence-electron chi connectivity index (χ3n) is 2.54. The van der Waals surface area contributed by atoms with Crippen LogP contribution in [0.3, 0.4) is 0 Å². The zero-order valence-electron chi connectivity index (χ0n) is 9.84. The minimum absolute atomic E-state index is 0.0843. The molecule has 2 rings (SSSR count). The van der Waals surface area contributed by atoms with Crippen molar-refractivity contribution in [2.75, 3.05) is 0 Å². The number of hydrogen-bond donors (Lipinski definition) is 1. The van der Waals surface area contributed by atoms with Crippen molar-refractivity contribution in [1.82, 2.24) is 9.97 Å². The molecule has 0 unspecified atom stereocenters. The molecule has 0 fully saturated rings. The Morgan fingerprint density at radius 1 is 1.33 bits per heavy atom. The van der Waals surface area contributed by atoms with Crippen LogP contribution in [0.25, 0.3) is 11.4 Å². The molecule has 0 aliphatic rings. The van der Waals surface area contributed by atoms with Crippen LogP contribution in [-0.4, -0.2) is 9.97 Å². The summed E-state index contributed by atoms with van der Waals surface area (Å²) in [6.45, 7) is 2.07. The van der Waals surface area contributed by atoms with E-state index in [9.17, 15) is 4.79 Å². The van der Waals surface area contributed by atoms with Crippen LogP contribution < -0.4 is 5.56 Å². The molecule has 0 aliphatic heterocycles. The second kappa shape index (κ2) is 5.84. The number of benzene rings is 1. The standard InChI is InChI=1S/C13H12ClIN2O/c1-2-3-10-11(15)13(18)17-12(16-10)8-4-6-9(14)7-5-8/h4-7H,2-3H2,1H3,(H,16,17,18). The Kier molecular flexibility index (Phi) is 4.40. The Hall–Kier alpha value is -0.880. The molecular weight excluding hydrogens is 363 g/mol. The number of aryl methyl sites for hydroxylation is 1. The smallest absolute Gasteiger partial charge is 0.264 e. The van der Waals surface area contributed by atoms with Gasteiger partial charge in [-0.2, -0.15) is 0 Å². The van der Waals surface area contributed by atoms with Crippen LogP contribution in [0.2, 0.25) is 5.02 Å². The third kappa shape index (κ3) is 2.92. The predicted octanol–water partition coefficient (Wildman–Crippen LogP) is 3.65. The minimum Gasteiger partial charge on any atom is -0.306 e. The van der Waals surface area contributed by atoms with Crippen molar-refractivity contribution in [2.45, 2.75) is 19.8 Å². The quantitative estimate of drug-likeness (QED) is 0.834. The molecule has 1 aromatic carbocycles. The number of hydrogen-bond acceptors (Lipinski definition) is 2. The molecule has 1 aromatic heterocycles. The van der Waals surface area contributed by atoms with Crippen LogP contribution >= 0.6 is 34.2 Å². The summed E-state index contributed by atoms with van der Waals surface area (Å²) in [5.41, 5.74) is 1.64. The molecule has 94 valence electrons. The second-order valence-corrected chi connectivity index (χ2v) is 5.45. The zero-order chi connectivity index (χ0) is 13.1. The highest BCUT2D eigenvalue weighted by Crippen LogP contribution is 2.18. The second-order valence-electron chi connectivity index (χ2n) is 3.93. The molecule has 0 atom stereocenters. The van der Waals surface area contributed by atoms with E-state index in [-0.39, 0.29) is 5.56 Å². The molecule has 0 spiro atoms. The van der Waals surface area contributed by atoms with Crippen molar-refractivity contribution < 1.29 is 0 Å². The molecule has 5 heteroatoms. The SMILES string of the molecule is CCCc1nc(-c2ccc(Cl)cc2)[nH]c(=O)c1I. The lowest BCUT2D eigenvalue weighted by Crippen LogP contribution is -2.16. The summed E-state index contributed by atoms with van der Waals surface area (Å²) < 4.78 is 0.673. The van der Waals surface area contributed by atoms with E-state index in [2.05, 4.69) is 16.9 Å². The molecule has 1 N–H and O–H groups in total. The Morgan fingerprint density at radius 3 is 2.61 bits per heavy atom. The number of nitrogens with zero attached hydrogens (tertiary/aromatic N) is 1. The van der Waals surface area contributed by atoms with Crippen LogP contribution in [0.1, 0.15) is 19.0 Å². The molecule has 0 radical (unpaired) electrons. The van der Waals surface area contributed by atoms with Gasteiger partial charge in [0, 0.05) is 10.6 Å². The van der Waals surface area contributed by atoms with Gasteiger partial charge in [-0.05, 0) is 53.3 Å². The van der Waals surface area contributed by atoms with Gasteiger partial charge in [-0.3, -0.25) is 4.79 Å². The van der Waals surface area contributed by atoms with Gasteiger partial charge < -0.3 is 4.98 Å². The maximum Gasteiger partial charge on any atom is 0.264 e. The van der Waals surface area contributed by atoms with Crippen molar-refractivity contribution in [1.29, 1.82) is 0 Å². The van der Waals surface area contributed by atoms with E-state index < -0.39 is 0 Å². The fraction of sp³-hybridized carbons (Fsp3) is 0.231. The van der Waals surface area contributed by atoms with Gasteiger partial charge in [0.15, 0.2) is 0 Å². The molecule has 1 heterocycles. The van der Waals surface area contributed by atoms with Gasteiger partial charge in [0.25, 0.3) is 5.56 Å². The molecule has 18 heavy (non-hydrogen) atoms. The molecule has 0 aliphatic carbocycles. The van der Waals surface area contributed by atoms with Gasteiger partial charge in [-0.15, -0.1) is 0 Å². The number of rotatable bonds is 3. The first-order chi connectivity index (χ1) is 8.61. The van der Waals surface area contributed by atoms with Crippen LogP contribution in [0.15, 0.2) is 29.1 Å². The van der Waals surface area contributed by atoms with Crippen molar-refractivity contribution in [3.8, 4) is 11.4 Å². The number of halogens is 2. The Morgan fingerprint density at radius 2 is 2.00 bits per heavy atom. The van der Waals surface area contributed by atoms with E-state index in [0.717, 1.165) is 24.1 Å². The predicted molar refractivity (Wildman–Crippen MR) is 82.0 cm³/mol. The van der Waals surface area contributed by atoms with Crippen molar-refractivity contribution in [3.05, 3.63) is 48.9 Å². The fourth-order valence-electron chi connectivity index (χ4n) is 1.65. The molecule has 0 amide bonds. The molecular formula is C13H12ClIN2O. The van der Waals surface area contributed by atoms with E-state index in [4.69, 9.17) is 11.6 Å². The van der Waals surface area contributed by atoms with E-state index >= 15 is 0 Å². The van der Waals surface area contributed by atoms with Gasteiger partial charge in [-0.1, -0.05) is 24.9 Å². The Bertz CT molecular complexity index is 607. The highest BCUT2D eigenvalue weighted by atomic mass is 127. The normalized spacial score (nSPS) is 10.6. The van der Waals surface area contributed by atoms with Gasteiger partial charge in [0.05, 0.1) is 9.26 Å². The first-order valence-electron chi connectivity index (χ1n) is 5.66. The molecule has 2 aromatic rings. The van der Waals surface area contributed by atoms with Gasteiger partial charge in [0.1, 0.15) is 5.82 Å². The number of aromatic amines is 1. The van der Waals surface area contributed by atoms with Crippen LogP contribution in [0.5, 0.6) is 0 Å². The van der Waals surface area contributed by atoms with Gasteiger partial charge in [0.2, 0.25) is 0 Å². The molecule has 0 bridgehead atoms. The number of H-pyrrole nitrogens is 1. The van der Waals surface area contributed by atoms with E-state index in [0.29, 0.717) is 14.4 Å². The average molecular weight is 375 g/mol. The third-order valence-corrected chi connectivity index (χ3v) is 3.90. The lowest BCUT2D eigenvalue weighted by atomic mass is 10.2. The van der Waals surface area contributed by atoms with E-state index in [1.807, 2.05) is 34.7 Å². The highest BCUT2D eigenvalue weighted by molar-refractivity contribution is 14.1. The van der Waals surface area contributed by atoms with Crippen LogP contribution in [0, 0.1) is 3.57 Å². The van der Waals surface area contributed by atoms with E-state index in [1.165, 1.54) is 0 Å². The van der Waals surface area contributed by atoms with Gasteiger partial charge >= 0.3 is 0 Å². The molecule has 0 saturated heterocycles. The lowest BCUT2D eigenvalue weighted by Gasteiger charge is -2.06. The topological polar surface area (TPSA) is 45.8 Å². The zero-order valence-corrected chi connectivity index (χ0v) is 12.7. The summed E-state index contributed by atoms with van der Waals surface area (Å²) in [6, 6.07) is 7.27. The number of aromatic nitrogens is 2. The maximum absolute atomic E-state index is 11.8. The summed E-state index contributed by atoms with van der Waals surface area (Å²) in [6.07, 6.45) is 1.77. The summed E-state index contributed by atoms with van der Waals surface area (Å²) >= 11 is 7.89. The molecule has 0 saturated carbocycles. The first-order valence-corrected chi connectivity index (χ1v) is 7.12. The average Bonchev–Trinajstić information content (AvgIpc) is 2.36. The van der Waals surface area contributed by atoms with Crippen molar-refractivity contribution >= 4 is 34.2 Å². The van der Waals surface area contributed by atoms with Crippen molar-refractivity contribution in [3.63, 3.8) is 0 Å². The lowest BCUT2D eigenvalue weighted by molar-refractivity contribution is 0.860. The summed E-state index contributed by atoms with van der Waals surface area (Å²) in [5.74, 6) is 0.598. The minimum atomic E-state index is -0.0843. The number of nitrogens with one attached hydrogen (secondary N) is 1. The van der Waals surface area contributed by atoms with Gasteiger partial charge in [-0.25, -0.2) is 4.98 Å². The summed E-state index contributed by atoms with van der Waals surface area (Å²) in [7, 11) is 0. The Balaban J connectivity index is 2.51.